The van der Waals surface area contributed by atoms with Crippen molar-refractivity contribution in [3.05, 3.63) is 0 Å². The molecule has 0 saturated heterocycles. The molecule has 0 radical (unpaired) electrons. The number of halogens is 3. The molecule has 1 aliphatic carbocycles. The first kappa shape index (κ1) is 12.8. The lowest BCUT2D eigenvalue weighted by Crippen LogP contribution is -2.45. The van der Waals surface area contributed by atoms with E-state index < -0.39 is 18.1 Å². The molecule has 0 bridgehead atoms. The van der Waals surface area contributed by atoms with Crippen LogP contribution in [-0.4, -0.2) is 24.9 Å². The molecule has 0 aliphatic heterocycles. The van der Waals surface area contributed by atoms with E-state index in [1.807, 2.05) is 6.92 Å². The van der Waals surface area contributed by atoms with Gasteiger partial charge in [0.05, 0.1) is 12.0 Å². The Balaban J connectivity index is 2.41. The molecule has 5 heteroatoms. The number of ether oxygens (including phenoxy) is 1. The first-order valence-electron chi connectivity index (χ1n) is 5.39. The summed E-state index contributed by atoms with van der Waals surface area (Å²) < 4.78 is 42.6. The van der Waals surface area contributed by atoms with Crippen LogP contribution in [0.1, 0.15) is 32.6 Å². The average molecular weight is 225 g/mol. The highest BCUT2D eigenvalue weighted by Crippen LogP contribution is 2.37. The van der Waals surface area contributed by atoms with Gasteiger partial charge in [-0.25, -0.2) is 0 Å². The summed E-state index contributed by atoms with van der Waals surface area (Å²) in [5.74, 6) is -1.24. The summed E-state index contributed by atoms with van der Waals surface area (Å²) >= 11 is 0. The third kappa shape index (κ3) is 3.65. The second kappa shape index (κ2) is 5.16. The molecule has 0 amide bonds. The molecule has 0 aromatic heterocycles. The Morgan fingerprint density at radius 2 is 2.00 bits per heavy atom. The summed E-state index contributed by atoms with van der Waals surface area (Å²) in [6.07, 6.45) is -2.86. The first-order chi connectivity index (χ1) is 6.95. The van der Waals surface area contributed by atoms with Crippen molar-refractivity contribution in [2.24, 2.45) is 11.7 Å². The second-order valence-electron chi connectivity index (χ2n) is 4.12. The van der Waals surface area contributed by atoms with Gasteiger partial charge >= 0.3 is 6.18 Å². The van der Waals surface area contributed by atoms with E-state index in [1.54, 1.807) is 0 Å². The van der Waals surface area contributed by atoms with Gasteiger partial charge in [-0.1, -0.05) is 6.92 Å². The van der Waals surface area contributed by atoms with Crippen molar-refractivity contribution >= 4 is 0 Å². The molecule has 15 heavy (non-hydrogen) atoms. The molecule has 3 atom stereocenters. The summed E-state index contributed by atoms with van der Waals surface area (Å²) in [4.78, 5) is 0. The maximum atomic E-state index is 12.4. The summed E-state index contributed by atoms with van der Waals surface area (Å²) in [6.45, 7) is 2.54. The van der Waals surface area contributed by atoms with Crippen molar-refractivity contribution in [2.75, 3.05) is 6.61 Å². The van der Waals surface area contributed by atoms with E-state index in [9.17, 15) is 13.2 Å². The van der Waals surface area contributed by atoms with Gasteiger partial charge in [0.2, 0.25) is 0 Å². The summed E-state index contributed by atoms with van der Waals surface area (Å²) in [5.41, 5.74) is 5.68. The van der Waals surface area contributed by atoms with Crippen LogP contribution in [0.2, 0.25) is 0 Å². The summed E-state index contributed by atoms with van der Waals surface area (Å²) in [7, 11) is 0. The third-order valence-corrected chi connectivity index (χ3v) is 2.83. The molecule has 2 N–H and O–H groups in total. The highest BCUT2D eigenvalue weighted by atomic mass is 19.4. The predicted molar refractivity (Wildman–Crippen MR) is 51.4 cm³/mol. The molecule has 1 rings (SSSR count). The Morgan fingerprint density at radius 1 is 1.33 bits per heavy atom. The van der Waals surface area contributed by atoms with Crippen LogP contribution in [-0.2, 0) is 4.74 Å². The Labute approximate surface area is 88.0 Å². The second-order valence-corrected chi connectivity index (χ2v) is 4.12. The van der Waals surface area contributed by atoms with Gasteiger partial charge in [0.15, 0.2) is 0 Å². The number of nitrogens with two attached hydrogens (primary N) is 1. The van der Waals surface area contributed by atoms with Gasteiger partial charge in [-0.2, -0.15) is 13.2 Å². The Kier molecular flexibility index (Phi) is 4.40. The lowest BCUT2D eigenvalue weighted by Gasteiger charge is -2.34. The van der Waals surface area contributed by atoms with Crippen LogP contribution in [0.4, 0.5) is 13.2 Å². The zero-order chi connectivity index (χ0) is 11.5. The quantitative estimate of drug-likeness (QED) is 0.800. The largest absolute Gasteiger partial charge is 0.391 e. The van der Waals surface area contributed by atoms with Crippen molar-refractivity contribution in [1.82, 2.24) is 0 Å². The normalized spacial score (nSPS) is 33.0. The average Bonchev–Trinajstić information content (AvgIpc) is 2.14. The standard InChI is InChI=1S/C10H18F3NO/c1-2-5-15-9-4-3-7(6-8(9)14)10(11,12)13/h7-9H,2-6,14H2,1H3/t7-,8+,9-/m1/s1. The topological polar surface area (TPSA) is 35.2 Å². The molecule has 0 aromatic carbocycles. The van der Waals surface area contributed by atoms with E-state index in [4.69, 9.17) is 10.5 Å². The molecular weight excluding hydrogens is 207 g/mol. The molecule has 1 aliphatic rings. The zero-order valence-corrected chi connectivity index (χ0v) is 8.89. The van der Waals surface area contributed by atoms with E-state index in [0.29, 0.717) is 13.0 Å². The minimum absolute atomic E-state index is 0.00210. The molecule has 0 aromatic rings. The first-order valence-corrected chi connectivity index (χ1v) is 5.39. The highest BCUT2D eigenvalue weighted by molar-refractivity contribution is 4.86. The van der Waals surface area contributed by atoms with Gasteiger partial charge in [-0.3, -0.25) is 0 Å². The monoisotopic (exact) mass is 225 g/mol. The van der Waals surface area contributed by atoms with Crippen LogP contribution in [0.3, 0.4) is 0 Å². The number of hydrogen-bond donors (Lipinski definition) is 1. The van der Waals surface area contributed by atoms with E-state index in [-0.39, 0.29) is 18.9 Å². The van der Waals surface area contributed by atoms with Crippen molar-refractivity contribution in [3.8, 4) is 0 Å². The van der Waals surface area contributed by atoms with Crippen LogP contribution < -0.4 is 5.73 Å². The van der Waals surface area contributed by atoms with Crippen molar-refractivity contribution < 1.29 is 17.9 Å². The smallest absolute Gasteiger partial charge is 0.377 e. The zero-order valence-electron chi connectivity index (χ0n) is 8.89. The minimum atomic E-state index is -4.10. The van der Waals surface area contributed by atoms with E-state index in [1.165, 1.54) is 0 Å². The molecule has 90 valence electrons. The lowest BCUT2D eigenvalue weighted by molar-refractivity contribution is -0.189. The van der Waals surface area contributed by atoms with E-state index in [2.05, 4.69) is 0 Å². The van der Waals surface area contributed by atoms with E-state index >= 15 is 0 Å². The van der Waals surface area contributed by atoms with Gasteiger partial charge in [-0.15, -0.1) is 0 Å². The summed E-state index contributed by atoms with van der Waals surface area (Å²) in [6, 6.07) is -0.475. The fraction of sp³-hybridized carbons (Fsp3) is 1.00. The van der Waals surface area contributed by atoms with Crippen molar-refractivity contribution in [1.29, 1.82) is 0 Å². The number of hydrogen-bond acceptors (Lipinski definition) is 2. The van der Waals surface area contributed by atoms with Gasteiger partial charge in [0.1, 0.15) is 0 Å². The SMILES string of the molecule is CCCO[C@@H]1CC[C@@H](C(F)(F)F)C[C@@H]1N. The maximum Gasteiger partial charge on any atom is 0.391 e. The Morgan fingerprint density at radius 3 is 2.47 bits per heavy atom. The van der Waals surface area contributed by atoms with Gasteiger partial charge < -0.3 is 10.5 Å². The van der Waals surface area contributed by atoms with Gasteiger partial charge in [0, 0.05) is 12.6 Å². The molecule has 2 nitrogen and oxygen atoms in total. The van der Waals surface area contributed by atoms with Crippen LogP contribution in [0.15, 0.2) is 0 Å². The number of alkyl halides is 3. The molecule has 1 saturated carbocycles. The summed E-state index contributed by atoms with van der Waals surface area (Å²) in [5, 5.41) is 0. The molecule has 1 fully saturated rings. The van der Waals surface area contributed by atoms with Crippen LogP contribution in [0.5, 0.6) is 0 Å². The van der Waals surface area contributed by atoms with Crippen molar-refractivity contribution in [3.63, 3.8) is 0 Å². The Hall–Kier alpha value is -0.290. The molecule has 0 spiro atoms. The van der Waals surface area contributed by atoms with Gasteiger partial charge in [0.25, 0.3) is 0 Å². The van der Waals surface area contributed by atoms with E-state index in [0.717, 1.165) is 6.42 Å². The maximum absolute atomic E-state index is 12.4. The van der Waals surface area contributed by atoms with Crippen LogP contribution in [0.25, 0.3) is 0 Å². The minimum Gasteiger partial charge on any atom is -0.377 e. The van der Waals surface area contributed by atoms with Gasteiger partial charge in [-0.05, 0) is 25.7 Å². The third-order valence-electron chi connectivity index (χ3n) is 2.83. The fourth-order valence-electron chi connectivity index (χ4n) is 1.95. The number of rotatable bonds is 3. The molecule has 0 heterocycles. The fourth-order valence-corrected chi connectivity index (χ4v) is 1.95. The highest BCUT2D eigenvalue weighted by Gasteiger charge is 2.44. The van der Waals surface area contributed by atoms with Crippen molar-refractivity contribution in [2.45, 2.75) is 50.9 Å². The molecular formula is C10H18F3NO. The predicted octanol–water partition coefficient (Wildman–Crippen LogP) is 2.47. The molecule has 0 unspecified atom stereocenters. The van der Waals surface area contributed by atoms with Crippen LogP contribution >= 0.6 is 0 Å². The van der Waals surface area contributed by atoms with Crippen LogP contribution in [0, 0.1) is 5.92 Å². The Bertz CT molecular complexity index is 196. The lowest BCUT2D eigenvalue weighted by atomic mass is 9.83.